The zero-order valence-corrected chi connectivity index (χ0v) is 17.6. The molecule has 2 aromatic carbocycles. The van der Waals surface area contributed by atoms with E-state index in [1.54, 1.807) is 35.2 Å². The average Bonchev–Trinajstić information content (AvgIpc) is 3.15. The SMILES string of the molecule is NS(=O)(=O)c1ccc(CCNC(=O)[C@H]2CC(=O)N(c3ccc4c(c3)OCCO4)C2)cc1. The number of hydrogen-bond acceptors (Lipinski definition) is 6. The first-order valence-corrected chi connectivity index (χ1v) is 11.5. The molecule has 31 heavy (non-hydrogen) atoms. The first kappa shape index (κ1) is 21.1. The van der Waals surface area contributed by atoms with Crippen molar-refractivity contribution in [2.45, 2.75) is 17.7 Å². The van der Waals surface area contributed by atoms with Gasteiger partial charge in [0.2, 0.25) is 21.8 Å². The highest BCUT2D eigenvalue weighted by Gasteiger charge is 2.35. The van der Waals surface area contributed by atoms with E-state index in [2.05, 4.69) is 5.32 Å². The van der Waals surface area contributed by atoms with Crippen LogP contribution in [0.2, 0.25) is 0 Å². The minimum atomic E-state index is -3.72. The third kappa shape index (κ3) is 4.80. The van der Waals surface area contributed by atoms with Crippen LogP contribution in [-0.4, -0.2) is 46.5 Å². The highest BCUT2D eigenvalue weighted by Crippen LogP contribution is 2.35. The Hall–Kier alpha value is -3.11. The van der Waals surface area contributed by atoms with Gasteiger partial charge < -0.3 is 19.7 Å². The fraction of sp³-hybridized carbons (Fsp3) is 0.333. The number of rotatable bonds is 6. The molecule has 0 spiro atoms. The molecule has 4 rings (SSSR count). The van der Waals surface area contributed by atoms with Crippen LogP contribution < -0.4 is 24.8 Å². The summed E-state index contributed by atoms with van der Waals surface area (Å²) in [7, 11) is -3.72. The van der Waals surface area contributed by atoms with Crippen molar-refractivity contribution in [3.63, 3.8) is 0 Å². The van der Waals surface area contributed by atoms with Crippen LogP contribution in [0.5, 0.6) is 11.5 Å². The summed E-state index contributed by atoms with van der Waals surface area (Å²) in [5.41, 5.74) is 1.55. The minimum Gasteiger partial charge on any atom is -0.486 e. The fourth-order valence-corrected chi connectivity index (χ4v) is 4.17. The molecule has 9 nitrogen and oxygen atoms in total. The van der Waals surface area contributed by atoms with Crippen molar-refractivity contribution in [1.82, 2.24) is 5.32 Å². The maximum Gasteiger partial charge on any atom is 0.238 e. The van der Waals surface area contributed by atoms with Gasteiger partial charge in [-0.25, -0.2) is 13.6 Å². The van der Waals surface area contributed by atoms with Gasteiger partial charge in [-0.1, -0.05) is 12.1 Å². The van der Waals surface area contributed by atoms with Gasteiger partial charge in [0, 0.05) is 31.3 Å². The molecule has 2 heterocycles. The Kier molecular flexibility index (Phi) is 5.84. The van der Waals surface area contributed by atoms with Gasteiger partial charge in [-0.2, -0.15) is 0 Å². The highest BCUT2D eigenvalue weighted by molar-refractivity contribution is 7.89. The van der Waals surface area contributed by atoms with E-state index in [1.807, 2.05) is 0 Å². The lowest BCUT2D eigenvalue weighted by Gasteiger charge is -2.22. The first-order valence-electron chi connectivity index (χ1n) is 9.91. The van der Waals surface area contributed by atoms with Crippen LogP contribution in [-0.2, 0) is 26.0 Å². The van der Waals surface area contributed by atoms with Crippen molar-refractivity contribution >= 4 is 27.5 Å². The molecule has 2 aliphatic rings. The number of anilines is 1. The Morgan fingerprint density at radius 1 is 1.10 bits per heavy atom. The number of nitrogens with zero attached hydrogens (tertiary/aromatic N) is 1. The summed E-state index contributed by atoms with van der Waals surface area (Å²) < 4.78 is 33.7. The van der Waals surface area contributed by atoms with Crippen molar-refractivity contribution < 1.29 is 27.5 Å². The van der Waals surface area contributed by atoms with E-state index in [-0.39, 0.29) is 23.1 Å². The van der Waals surface area contributed by atoms with Crippen LogP contribution in [0.15, 0.2) is 47.4 Å². The standard InChI is InChI=1S/C21H23N3O6S/c22-31(27,28)17-4-1-14(2-5-17)7-8-23-21(26)15-11-20(25)24(13-15)16-3-6-18-19(12-16)30-10-9-29-18/h1-6,12,15H,7-11,13H2,(H,23,26)(H2,22,27,28)/t15-/m0/s1. The van der Waals surface area contributed by atoms with Gasteiger partial charge in [0.15, 0.2) is 11.5 Å². The van der Waals surface area contributed by atoms with Gasteiger partial charge in [0.1, 0.15) is 13.2 Å². The molecular formula is C21H23N3O6S. The van der Waals surface area contributed by atoms with Gasteiger partial charge in [-0.15, -0.1) is 0 Å². The number of hydrogen-bond donors (Lipinski definition) is 2. The number of carbonyl (C=O) groups excluding carboxylic acids is 2. The fourth-order valence-electron chi connectivity index (χ4n) is 3.65. The lowest BCUT2D eigenvalue weighted by Crippen LogP contribution is -2.34. The Bertz CT molecular complexity index is 1100. The van der Waals surface area contributed by atoms with Crippen molar-refractivity contribution in [1.29, 1.82) is 0 Å². The average molecular weight is 445 g/mol. The van der Waals surface area contributed by atoms with E-state index in [4.69, 9.17) is 14.6 Å². The Labute approximate surface area is 180 Å². The number of benzene rings is 2. The van der Waals surface area contributed by atoms with Gasteiger partial charge in [-0.05, 0) is 36.2 Å². The molecule has 1 saturated heterocycles. The molecule has 10 heteroatoms. The summed E-state index contributed by atoms with van der Waals surface area (Å²) >= 11 is 0. The second kappa shape index (κ2) is 8.56. The first-order chi connectivity index (χ1) is 14.8. The maximum absolute atomic E-state index is 12.5. The molecule has 164 valence electrons. The summed E-state index contributed by atoms with van der Waals surface area (Å²) in [4.78, 5) is 26.7. The van der Waals surface area contributed by atoms with Crippen molar-refractivity contribution in [2.75, 3.05) is 31.2 Å². The van der Waals surface area contributed by atoms with Crippen molar-refractivity contribution in [3.8, 4) is 11.5 Å². The van der Waals surface area contributed by atoms with E-state index < -0.39 is 15.9 Å². The van der Waals surface area contributed by atoms with E-state index in [0.29, 0.717) is 49.9 Å². The molecule has 1 fully saturated rings. The van der Waals surface area contributed by atoms with E-state index in [9.17, 15) is 18.0 Å². The Morgan fingerprint density at radius 3 is 2.52 bits per heavy atom. The van der Waals surface area contributed by atoms with Crippen molar-refractivity contribution in [3.05, 3.63) is 48.0 Å². The summed E-state index contributed by atoms with van der Waals surface area (Å²) in [5.74, 6) is 0.501. The zero-order valence-electron chi connectivity index (χ0n) is 16.7. The van der Waals surface area contributed by atoms with Gasteiger partial charge in [0.25, 0.3) is 0 Å². The van der Waals surface area contributed by atoms with Crippen LogP contribution >= 0.6 is 0 Å². The van der Waals surface area contributed by atoms with Gasteiger partial charge in [0.05, 0.1) is 10.8 Å². The summed E-state index contributed by atoms with van der Waals surface area (Å²) in [5, 5.41) is 7.94. The lowest BCUT2D eigenvalue weighted by molar-refractivity contribution is -0.126. The number of ether oxygens (including phenoxy) is 2. The van der Waals surface area contributed by atoms with E-state index in [0.717, 1.165) is 5.56 Å². The second-order valence-corrected chi connectivity index (χ2v) is 9.02. The number of carbonyl (C=O) groups is 2. The quantitative estimate of drug-likeness (QED) is 0.677. The van der Waals surface area contributed by atoms with Crippen LogP contribution in [0.1, 0.15) is 12.0 Å². The van der Waals surface area contributed by atoms with Crippen LogP contribution in [0.4, 0.5) is 5.69 Å². The molecule has 2 aliphatic heterocycles. The second-order valence-electron chi connectivity index (χ2n) is 7.46. The third-order valence-corrected chi connectivity index (χ3v) is 6.23. The molecule has 0 aliphatic carbocycles. The summed E-state index contributed by atoms with van der Waals surface area (Å²) in [6.07, 6.45) is 0.673. The van der Waals surface area contributed by atoms with E-state index >= 15 is 0 Å². The van der Waals surface area contributed by atoms with Crippen LogP contribution in [0, 0.1) is 5.92 Å². The molecular weight excluding hydrogens is 422 g/mol. The predicted octanol–water partition coefficient (Wildman–Crippen LogP) is 0.817. The molecule has 0 unspecified atom stereocenters. The van der Waals surface area contributed by atoms with E-state index in [1.165, 1.54) is 12.1 Å². The third-order valence-electron chi connectivity index (χ3n) is 5.30. The lowest BCUT2D eigenvalue weighted by atomic mass is 10.1. The highest BCUT2D eigenvalue weighted by atomic mass is 32.2. The number of nitrogens with one attached hydrogen (secondary N) is 1. The number of fused-ring (bicyclic) bond motifs is 1. The molecule has 0 radical (unpaired) electrons. The Balaban J connectivity index is 1.31. The van der Waals surface area contributed by atoms with Crippen molar-refractivity contribution in [2.24, 2.45) is 11.1 Å². The maximum atomic E-state index is 12.5. The topological polar surface area (TPSA) is 128 Å². The zero-order chi connectivity index (χ0) is 22.0. The predicted molar refractivity (Wildman–Crippen MR) is 112 cm³/mol. The summed E-state index contributed by atoms with van der Waals surface area (Å²) in [6, 6.07) is 11.5. The number of sulfonamides is 1. The van der Waals surface area contributed by atoms with Crippen LogP contribution in [0.3, 0.4) is 0 Å². The molecule has 3 N–H and O–H groups in total. The Morgan fingerprint density at radius 2 is 1.81 bits per heavy atom. The smallest absolute Gasteiger partial charge is 0.238 e. The molecule has 2 amide bonds. The molecule has 0 bridgehead atoms. The molecule has 1 atom stereocenters. The number of amides is 2. The normalized spacial score (nSPS) is 18.2. The molecule has 0 aromatic heterocycles. The molecule has 0 saturated carbocycles. The number of primary sulfonamides is 1. The minimum absolute atomic E-state index is 0.0454. The largest absolute Gasteiger partial charge is 0.486 e. The summed E-state index contributed by atoms with van der Waals surface area (Å²) in [6.45, 7) is 1.63. The monoisotopic (exact) mass is 445 g/mol. The van der Waals surface area contributed by atoms with Crippen LogP contribution in [0.25, 0.3) is 0 Å². The van der Waals surface area contributed by atoms with Gasteiger partial charge >= 0.3 is 0 Å². The van der Waals surface area contributed by atoms with Gasteiger partial charge in [-0.3, -0.25) is 9.59 Å². The number of nitrogens with two attached hydrogens (primary N) is 1. The molecule has 2 aromatic rings.